The van der Waals surface area contributed by atoms with Gasteiger partial charge >= 0.3 is 0 Å². The van der Waals surface area contributed by atoms with Gasteiger partial charge in [-0.3, -0.25) is 4.79 Å². The molecule has 0 aliphatic heterocycles. The minimum Gasteiger partial charge on any atom is -0.451 e. The number of para-hydroxylation sites is 1. The van der Waals surface area contributed by atoms with Crippen LogP contribution in [0.3, 0.4) is 0 Å². The first-order chi connectivity index (χ1) is 11.0. The number of carbonyl (C=O) groups is 1. The van der Waals surface area contributed by atoms with Gasteiger partial charge in [0.25, 0.3) is 5.91 Å². The first kappa shape index (κ1) is 15.6. The Kier molecular flexibility index (Phi) is 4.37. The van der Waals surface area contributed by atoms with Gasteiger partial charge in [0.15, 0.2) is 5.76 Å². The Balaban J connectivity index is 1.84. The van der Waals surface area contributed by atoms with Gasteiger partial charge in [-0.05, 0) is 42.5 Å². The van der Waals surface area contributed by atoms with E-state index in [1.165, 1.54) is 18.2 Å². The van der Waals surface area contributed by atoms with Crippen LogP contribution in [0.1, 0.15) is 10.6 Å². The fourth-order valence-electron chi connectivity index (χ4n) is 2.04. The van der Waals surface area contributed by atoms with Crippen molar-refractivity contribution in [1.29, 1.82) is 0 Å². The number of benzene rings is 2. The second-order valence-corrected chi connectivity index (χ2v) is 5.57. The topological polar surface area (TPSA) is 42.2 Å². The molecule has 23 heavy (non-hydrogen) atoms. The summed E-state index contributed by atoms with van der Waals surface area (Å²) in [6.45, 7) is 0. The summed E-state index contributed by atoms with van der Waals surface area (Å²) in [6, 6.07) is 14.0. The van der Waals surface area contributed by atoms with Crippen LogP contribution in [0.2, 0.25) is 10.0 Å². The third kappa shape index (κ3) is 3.38. The lowest BCUT2D eigenvalue weighted by Crippen LogP contribution is -2.11. The Hall–Kier alpha value is -2.30. The minimum absolute atomic E-state index is 0.0502. The predicted octanol–water partition coefficient (Wildman–Crippen LogP) is 5.64. The Morgan fingerprint density at radius 3 is 2.57 bits per heavy atom. The largest absolute Gasteiger partial charge is 0.451 e. The molecule has 0 bridgehead atoms. The molecule has 1 aromatic heterocycles. The molecule has 1 N–H and O–H groups in total. The molecule has 0 atom stereocenters. The highest BCUT2D eigenvalue weighted by atomic mass is 35.5. The molecule has 0 saturated carbocycles. The van der Waals surface area contributed by atoms with Crippen LogP contribution in [0.4, 0.5) is 10.1 Å². The molecule has 0 aliphatic carbocycles. The lowest BCUT2D eigenvalue weighted by Gasteiger charge is -2.04. The van der Waals surface area contributed by atoms with Gasteiger partial charge in [-0.2, -0.15) is 0 Å². The summed E-state index contributed by atoms with van der Waals surface area (Å²) >= 11 is 12.0. The van der Waals surface area contributed by atoms with Crippen molar-refractivity contribution in [1.82, 2.24) is 0 Å². The Bertz CT molecular complexity index is 877. The molecule has 2 aromatic carbocycles. The molecule has 3 aromatic rings. The smallest absolute Gasteiger partial charge is 0.291 e. The molecule has 3 rings (SSSR count). The number of amides is 1. The van der Waals surface area contributed by atoms with Crippen LogP contribution >= 0.6 is 23.2 Å². The standard InChI is InChI=1S/C17H10Cl2FNO2/c18-10-5-6-11(12(19)9-10)15-7-8-16(23-15)17(22)21-14-4-2-1-3-13(14)20/h1-9H,(H,21,22). The van der Waals surface area contributed by atoms with E-state index in [1.807, 2.05) is 0 Å². The number of halogens is 3. The van der Waals surface area contributed by atoms with Crippen molar-refractivity contribution in [2.24, 2.45) is 0 Å². The lowest BCUT2D eigenvalue weighted by molar-refractivity contribution is 0.0997. The number of carbonyl (C=O) groups excluding carboxylic acids is 1. The number of hydrogen-bond donors (Lipinski definition) is 1. The number of furan rings is 1. The number of rotatable bonds is 3. The molecule has 1 heterocycles. The summed E-state index contributed by atoms with van der Waals surface area (Å²) in [5.74, 6) is -0.598. The zero-order chi connectivity index (χ0) is 16.4. The Labute approximate surface area is 141 Å². The van der Waals surface area contributed by atoms with E-state index in [9.17, 15) is 9.18 Å². The summed E-state index contributed by atoms with van der Waals surface area (Å²) in [7, 11) is 0. The van der Waals surface area contributed by atoms with Gasteiger partial charge in [0.1, 0.15) is 11.6 Å². The van der Waals surface area contributed by atoms with Gasteiger partial charge in [0.05, 0.1) is 10.7 Å². The average Bonchev–Trinajstić information content (AvgIpc) is 2.99. The molecule has 0 radical (unpaired) electrons. The van der Waals surface area contributed by atoms with E-state index in [2.05, 4.69) is 5.32 Å². The van der Waals surface area contributed by atoms with Crippen LogP contribution in [0.5, 0.6) is 0 Å². The molecule has 0 fully saturated rings. The van der Waals surface area contributed by atoms with Gasteiger partial charge in [0.2, 0.25) is 0 Å². The number of anilines is 1. The van der Waals surface area contributed by atoms with Crippen molar-refractivity contribution in [3.05, 3.63) is 76.2 Å². The second kappa shape index (κ2) is 6.44. The van der Waals surface area contributed by atoms with E-state index >= 15 is 0 Å². The number of hydrogen-bond acceptors (Lipinski definition) is 2. The zero-order valence-corrected chi connectivity index (χ0v) is 13.2. The van der Waals surface area contributed by atoms with E-state index in [0.717, 1.165) is 0 Å². The molecule has 0 saturated heterocycles. The van der Waals surface area contributed by atoms with Gasteiger partial charge in [-0.15, -0.1) is 0 Å². The van der Waals surface area contributed by atoms with Crippen LogP contribution in [0, 0.1) is 5.82 Å². The maximum absolute atomic E-state index is 13.6. The highest BCUT2D eigenvalue weighted by Gasteiger charge is 2.15. The maximum Gasteiger partial charge on any atom is 0.291 e. The van der Waals surface area contributed by atoms with Crippen molar-refractivity contribution >= 4 is 34.8 Å². The third-order valence-corrected chi connectivity index (χ3v) is 3.70. The molecule has 116 valence electrons. The van der Waals surface area contributed by atoms with Crippen LogP contribution in [-0.2, 0) is 0 Å². The number of nitrogens with one attached hydrogen (secondary N) is 1. The first-order valence-corrected chi connectivity index (χ1v) is 7.41. The second-order valence-electron chi connectivity index (χ2n) is 4.72. The van der Waals surface area contributed by atoms with Gasteiger partial charge in [0, 0.05) is 10.6 Å². The van der Waals surface area contributed by atoms with Gasteiger partial charge in [-0.1, -0.05) is 35.3 Å². The average molecular weight is 350 g/mol. The third-order valence-electron chi connectivity index (χ3n) is 3.15. The van der Waals surface area contributed by atoms with Crippen molar-refractivity contribution in [2.45, 2.75) is 0 Å². The molecular weight excluding hydrogens is 340 g/mol. The molecule has 3 nitrogen and oxygen atoms in total. The van der Waals surface area contributed by atoms with Crippen LogP contribution < -0.4 is 5.32 Å². The molecule has 0 aliphatic rings. The Morgan fingerprint density at radius 2 is 1.83 bits per heavy atom. The fraction of sp³-hybridized carbons (Fsp3) is 0. The SMILES string of the molecule is O=C(Nc1ccccc1F)c1ccc(-c2ccc(Cl)cc2Cl)o1. The summed E-state index contributed by atoms with van der Waals surface area (Å²) in [5.41, 5.74) is 0.695. The molecule has 6 heteroatoms. The zero-order valence-electron chi connectivity index (χ0n) is 11.6. The molecule has 0 spiro atoms. The van der Waals surface area contributed by atoms with E-state index in [1.54, 1.807) is 36.4 Å². The van der Waals surface area contributed by atoms with Crippen LogP contribution in [-0.4, -0.2) is 5.91 Å². The normalized spacial score (nSPS) is 10.6. The van der Waals surface area contributed by atoms with Crippen molar-refractivity contribution < 1.29 is 13.6 Å². The van der Waals surface area contributed by atoms with Crippen molar-refractivity contribution in [3.8, 4) is 11.3 Å². The van der Waals surface area contributed by atoms with Crippen LogP contribution in [0.25, 0.3) is 11.3 Å². The highest BCUT2D eigenvalue weighted by Crippen LogP contribution is 2.31. The summed E-state index contributed by atoms with van der Waals surface area (Å²) < 4.78 is 19.1. The molecule has 0 unspecified atom stereocenters. The monoisotopic (exact) mass is 349 g/mol. The fourth-order valence-corrected chi connectivity index (χ4v) is 2.54. The summed E-state index contributed by atoms with van der Waals surface area (Å²) in [5, 5.41) is 3.37. The van der Waals surface area contributed by atoms with E-state index < -0.39 is 11.7 Å². The molecular formula is C17H10Cl2FNO2. The minimum atomic E-state index is -0.550. The quantitative estimate of drug-likeness (QED) is 0.664. The van der Waals surface area contributed by atoms with Crippen LogP contribution in [0.15, 0.2) is 59.0 Å². The van der Waals surface area contributed by atoms with Gasteiger partial charge in [-0.25, -0.2) is 4.39 Å². The lowest BCUT2D eigenvalue weighted by atomic mass is 10.2. The van der Waals surface area contributed by atoms with Crippen molar-refractivity contribution in [3.63, 3.8) is 0 Å². The van der Waals surface area contributed by atoms with Gasteiger partial charge < -0.3 is 9.73 Å². The molecule has 1 amide bonds. The summed E-state index contributed by atoms with van der Waals surface area (Å²) in [6.07, 6.45) is 0. The Morgan fingerprint density at radius 1 is 1.04 bits per heavy atom. The predicted molar refractivity (Wildman–Crippen MR) is 88.5 cm³/mol. The van der Waals surface area contributed by atoms with Crippen molar-refractivity contribution in [2.75, 3.05) is 5.32 Å². The first-order valence-electron chi connectivity index (χ1n) is 6.66. The van der Waals surface area contributed by atoms with E-state index in [0.29, 0.717) is 21.4 Å². The summed E-state index contributed by atoms with van der Waals surface area (Å²) in [4.78, 5) is 12.1. The maximum atomic E-state index is 13.6. The van der Waals surface area contributed by atoms with E-state index in [4.69, 9.17) is 27.6 Å². The highest BCUT2D eigenvalue weighted by molar-refractivity contribution is 6.36. The van der Waals surface area contributed by atoms with E-state index in [-0.39, 0.29) is 11.4 Å².